The lowest BCUT2D eigenvalue weighted by Gasteiger charge is -2.12. The Hall–Kier alpha value is -0.300. The highest BCUT2D eigenvalue weighted by molar-refractivity contribution is 9.10. The summed E-state index contributed by atoms with van der Waals surface area (Å²) in [7, 11) is 1.96. The molecule has 2 aromatic heterocycles. The van der Waals surface area contributed by atoms with Gasteiger partial charge in [0.05, 0.1) is 11.1 Å². The molecule has 0 amide bonds. The van der Waals surface area contributed by atoms with E-state index in [1.807, 2.05) is 13.2 Å². The van der Waals surface area contributed by atoms with Crippen LogP contribution in [0, 0.1) is 0 Å². The van der Waals surface area contributed by atoms with Gasteiger partial charge in [-0.05, 0) is 46.0 Å². The molecule has 2 rings (SSSR count). The van der Waals surface area contributed by atoms with Crippen LogP contribution >= 0.6 is 38.8 Å². The maximum atomic E-state index is 3.89. The van der Waals surface area contributed by atoms with Crippen LogP contribution in [-0.2, 0) is 6.42 Å². The lowest BCUT2D eigenvalue weighted by Crippen LogP contribution is -2.17. The van der Waals surface area contributed by atoms with Crippen molar-refractivity contribution in [1.82, 2.24) is 14.9 Å². The van der Waals surface area contributed by atoms with Crippen molar-refractivity contribution in [3.8, 4) is 0 Å². The van der Waals surface area contributed by atoms with Crippen LogP contribution in [0.1, 0.15) is 15.8 Å². The molecule has 0 saturated heterocycles. The Morgan fingerprint density at radius 3 is 3.00 bits per heavy atom. The van der Waals surface area contributed by atoms with E-state index in [0.717, 1.165) is 6.42 Å². The molecule has 0 radical (unpaired) electrons. The number of hydrogen-bond acceptors (Lipinski definition) is 5. The van der Waals surface area contributed by atoms with Crippen molar-refractivity contribution in [3.05, 3.63) is 31.9 Å². The van der Waals surface area contributed by atoms with Crippen LogP contribution in [0.4, 0.5) is 0 Å². The Labute approximate surface area is 105 Å². The fourth-order valence-electron chi connectivity index (χ4n) is 1.33. The lowest BCUT2D eigenvalue weighted by atomic mass is 10.1. The lowest BCUT2D eigenvalue weighted by molar-refractivity contribution is 0.605. The van der Waals surface area contributed by atoms with E-state index in [0.29, 0.717) is 6.04 Å². The quantitative estimate of drug-likeness (QED) is 0.944. The van der Waals surface area contributed by atoms with E-state index in [9.17, 15) is 0 Å². The van der Waals surface area contributed by atoms with Gasteiger partial charge in [-0.25, -0.2) is 0 Å². The molecule has 0 aliphatic carbocycles. The monoisotopic (exact) mass is 303 g/mol. The minimum absolute atomic E-state index is 0.306. The number of aromatic nitrogens is 2. The average Bonchev–Trinajstić information content (AvgIpc) is 2.86. The summed E-state index contributed by atoms with van der Waals surface area (Å²) in [5.41, 5.74) is 0. The Morgan fingerprint density at radius 2 is 2.47 bits per heavy atom. The predicted molar refractivity (Wildman–Crippen MR) is 67.4 cm³/mol. The Balaban J connectivity index is 2.13. The Morgan fingerprint density at radius 1 is 1.60 bits per heavy atom. The normalized spacial score (nSPS) is 12.9. The Bertz CT molecular complexity index is 413. The molecular weight excluding hydrogens is 294 g/mol. The van der Waals surface area contributed by atoms with Gasteiger partial charge in [-0.3, -0.25) is 0 Å². The van der Waals surface area contributed by atoms with E-state index < -0.39 is 0 Å². The van der Waals surface area contributed by atoms with E-state index in [1.54, 1.807) is 11.3 Å². The highest BCUT2D eigenvalue weighted by Crippen LogP contribution is 2.28. The van der Waals surface area contributed by atoms with Gasteiger partial charge in [0.2, 0.25) is 0 Å². The molecule has 0 fully saturated rings. The van der Waals surface area contributed by atoms with Crippen molar-refractivity contribution in [3.63, 3.8) is 0 Å². The summed E-state index contributed by atoms with van der Waals surface area (Å²) >= 11 is 6.76. The van der Waals surface area contributed by atoms with Crippen LogP contribution in [0.2, 0.25) is 0 Å². The van der Waals surface area contributed by atoms with E-state index in [2.05, 4.69) is 42.3 Å². The summed E-state index contributed by atoms with van der Waals surface area (Å²) in [5, 5.41) is 9.24. The van der Waals surface area contributed by atoms with Crippen LogP contribution in [0.15, 0.2) is 22.1 Å². The number of thiophene rings is 1. The maximum Gasteiger partial charge on any atom is 0.0669 e. The van der Waals surface area contributed by atoms with Crippen LogP contribution in [0.5, 0.6) is 0 Å². The summed E-state index contributed by atoms with van der Waals surface area (Å²) in [6, 6.07) is 2.39. The standard InChI is InChI=1S/C9H10BrN3S2/c1-11-7(9-5-12-13-15-9)4-8-6(10)2-3-14-8/h2-3,5,7,11H,4H2,1H3. The minimum atomic E-state index is 0.306. The molecule has 0 bridgehead atoms. The molecule has 1 N–H and O–H groups in total. The number of nitrogens with one attached hydrogen (secondary N) is 1. The van der Waals surface area contributed by atoms with E-state index in [-0.39, 0.29) is 0 Å². The van der Waals surface area contributed by atoms with Gasteiger partial charge in [0, 0.05) is 21.8 Å². The van der Waals surface area contributed by atoms with Crippen LogP contribution in [-0.4, -0.2) is 16.6 Å². The predicted octanol–water partition coefficient (Wildman–Crippen LogP) is 2.87. The highest BCUT2D eigenvalue weighted by atomic mass is 79.9. The van der Waals surface area contributed by atoms with Crippen LogP contribution in [0.3, 0.4) is 0 Å². The van der Waals surface area contributed by atoms with Gasteiger partial charge in [0.15, 0.2) is 0 Å². The second kappa shape index (κ2) is 5.16. The van der Waals surface area contributed by atoms with Gasteiger partial charge in [-0.2, -0.15) is 0 Å². The molecule has 1 atom stereocenters. The van der Waals surface area contributed by atoms with Crippen molar-refractivity contribution in [2.45, 2.75) is 12.5 Å². The van der Waals surface area contributed by atoms with Crippen molar-refractivity contribution in [1.29, 1.82) is 0 Å². The molecule has 1 unspecified atom stereocenters. The van der Waals surface area contributed by atoms with E-state index in [1.165, 1.54) is 25.8 Å². The molecule has 0 aromatic carbocycles. The van der Waals surface area contributed by atoms with Crippen LogP contribution in [0.25, 0.3) is 0 Å². The maximum absolute atomic E-state index is 3.89. The molecule has 0 aliphatic heterocycles. The first-order chi connectivity index (χ1) is 7.31. The number of hydrogen-bond donors (Lipinski definition) is 1. The zero-order valence-electron chi connectivity index (χ0n) is 8.11. The largest absolute Gasteiger partial charge is 0.312 e. The first kappa shape index (κ1) is 11.2. The molecule has 0 aliphatic rings. The van der Waals surface area contributed by atoms with E-state index in [4.69, 9.17) is 0 Å². The average molecular weight is 304 g/mol. The first-order valence-electron chi connectivity index (χ1n) is 4.47. The van der Waals surface area contributed by atoms with Crippen molar-refractivity contribution < 1.29 is 0 Å². The third-order valence-electron chi connectivity index (χ3n) is 2.15. The number of nitrogens with zero attached hydrogens (tertiary/aromatic N) is 2. The van der Waals surface area contributed by atoms with Gasteiger partial charge in [-0.1, -0.05) is 4.49 Å². The fraction of sp³-hybridized carbons (Fsp3) is 0.333. The molecule has 3 nitrogen and oxygen atoms in total. The van der Waals surface area contributed by atoms with Crippen LogP contribution < -0.4 is 5.32 Å². The molecule has 6 heteroatoms. The van der Waals surface area contributed by atoms with Gasteiger partial charge >= 0.3 is 0 Å². The van der Waals surface area contributed by atoms with Gasteiger partial charge < -0.3 is 5.32 Å². The van der Waals surface area contributed by atoms with Gasteiger partial charge in [0.1, 0.15) is 0 Å². The molecule has 0 spiro atoms. The molecule has 2 aromatic rings. The summed E-state index contributed by atoms with van der Waals surface area (Å²) < 4.78 is 5.07. The van der Waals surface area contributed by atoms with Crippen molar-refractivity contribution >= 4 is 38.8 Å². The molecule has 0 saturated carbocycles. The minimum Gasteiger partial charge on any atom is -0.312 e. The summed E-state index contributed by atoms with van der Waals surface area (Å²) in [6.07, 6.45) is 2.80. The summed E-state index contributed by atoms with van der Waals surface area (Å²) in [6.45, 7) is 0. The summed E-state index contributed by atoms with van der Waals surface area (Å²) in [4.78, 5) is 2.53. The Kier molecular flexibility index (Phi) is 3.85. The molecule has 15 heavy (non-hydrogen) atoms. The third kappa shape index (κ3) is 2.63. The van der Waals surface area contributed by atoms with Crippen molar-refractivity contribution in [2.24, 2.45) is 0 Å². The third-order valence-corrected chi connectivity index (χ3v) is 4.88. The van der Waals surface area contributed by atoms with Gasteiger partial charge in [0.25, 0.3) is 0 Å². The SMILES string of the molecule is CNC(Cc1sccc1Br)c1cnns1. The topological polar surface area (TPSA) is 37.8 Å². The zero-order valence-corrected chi connectivity index (χ0v) is 11.3. The number of halogens is 1. The second-order valence-electron chi connectivity index (χ2n) is 3.06. The number of rotatable bonds is 4. The molecule has 80 valence electrons. The highest BCUT2D eigenvalue weighted by Gasteiger charge is 2.14. The zero-order chi connectivity index (χ0) is 10.7. The van der Waals surface area contributed by atoms with Crippen molar-refractivity contribution in [2.75, 3.05) is 7.05 Å². The van der Waals surface area contributed by atoms with E-state index >= 15 is 0 Å². The summed E-state index contributed by atoms with van der Waals surface area (Å²) in [5.74, 6) is 0. The molecule has 2 heterocycles. The fourth-order valence-corrected chi connectivity index (χ4v) is 3.50. The smallest absolute Gasteiger partial charge is 0.0669 e. The molecular formula is C9H10BrN3S2. The van der Waals surface area contributed by atoms with Gasteiger partial charge in [-0.15, -0.1) is 16.4 Å². The first-order valence-corrected chi connectivity index (χ1v) is 6.92. The second-order valence-corrected chi connectivity index (χ2v) is 5.73. The number of likely N-dealkylation sites (N-methyl/N-ethyl adjacent to an activating group) is 1.